The number of ether oxygens (including phenoxy) is 3. The minimum absolute atomic E-state index is 0.00629. The predicted molar refractivity (Wildman–Crippen MR) is 207 cm³/mol. The number of hydrogen-bond donors (Lipinski definition) is 1. The molecule has 0 saturated heterocycles. The number of aryl methyl sites for hydroxylation is 1. The first kappa shape index (κ1) is 42.4. The molecular weight excluding hydrogens is 755 g/mol. The molecule has 2 aromatic heterocycles. The third kappa shape index (κ3) is 12.4. The van der Waals surface area contributed by atoms with Crippen LogP contribution in [0.25, 0.3) is 0 Å². The van der Waals surface area contributed by atoms with Gasteiger partial charge in [0.2, 0.25) is 0 Å². The van der Waals surface area contributed by atoms with Crippen molar-refractivity contribution < 1.29 is 46.2 Å². The fourth-order valence-electron chi connectivity index (χ4n) is 5.62. The van der Waals surface area contributed by atoms with E-state index < -0.39 is 23.3 Å². The summed E-state index contributed by atoms with van der Waals surface area (Å²) in [5.41, 5.74) is 10.4. The van der Waals surface area contributed by atoms with Crippen molar-refractivity contribution in [3.8, 4) is 11.5 Å². The molecule has 0 aliphatic rings. The Balaban J connectivity index is 0.000000223. The third-order valence-corrected chi connectivity index (χ3v) is 8.70. The van der Waals surface area contributed by atoms with Gasteiger partial charge in [-0.05, 0) is 100 Å². The quantitative estimate of drug-likeness (QED) is 0.0585. The topological polar surface area (TPSA) is 131 Å². The van der Waals surface area contributed by atoms with Gasteiger partial charge in [-0.2, -0.15) is 0 Å². The van der Waals surface area contributed by atoms with Crippen molar-refractivity contribution in [1.82, 2.24) is 9.97 Å². The first-order valence-electron chi connectivity index (χ1n) is 18.0. The maximum Gasteiger partial charge on any atom is 0.305 e. The number of Topliss-reactive ketones (excluding diaryl/α,β-unsaturated/α-hetero) is 2. The van der Waals surface area contributed by atoms with Crippen LogP contribution in [0.3, 0.4) is 0 Å². The summed E-state index contributed by atoms with van der Waals surface area (Å²) in [7, 11) is 1.32. The lowest BCUT2D eigenvalue weighted by Crippen LogP contribution is -2.09. The standard InChI is InChI=1S/C24H21F2NO4.C21H18F2N2O2/c1-30-24(29)9-6-16-5-8-23(31-15-18-4-7-20(25)21(26)12-18)19(11-16)22(28)13-17-3-2-10-27-14-17;22-18-5-3-16(9-19(18)23)13-27-21-6-4-14(11-24)8-17(21)20(26)10-15-2-1-7-25-12-15/h2-5,7-8,10-12,14H,6,9,13,15H2,1H3;1-9,12H,10-11,13,24H2. The summed E-state index contributed by atoms with van der Waals surface area (Å²) in [5, 5.41) is 0. The summed E-state index contributed by atoms with van der Waals surface area (Å²) in [4.78, 5) is 45.2. The first-order valence-corrected chi connectivity index (χ1v) is 18.0. The van der Waals surface area contributed by atoms with Gasteiger partial charge in [0.1, 0.15) is 24.7 Å². The zero-order valence-corrected chi connectivity index (χ0v) is 31.4. The molecule has 0 bridgehead atoms. The number of halogens is 4. The lowest BCUT2D eigenvalue weighted by Gasteiger charge is -2.13. The molecule has 6 aromatic rings. The van der Waals surface area contributed by atoms with Gasteiger partial charge in [0.15, 0.2) is 34.8 Å². The summed E-state index contributed by atoms with van der Waals surface area (Å²) in [5.74, 6) is -3.75. The van der Waals surface area contributed by atoms with E-state index in [1.807, 2.05) is 6.07 Å². The summed E-state index contributed by atoms with van der Waals surface area (Å²) < 4.78 is 69.1. The van der Waals surface area contributed by atoms with Crippen LogP contribution in [0.5, 0.6) is 11.5 Å². The molecule has 0 amide bonds. The first-order chi connectivity index (χ1) is 28.0. The van der Waals surface area contributed by atoms with Gasteiger partial charge in [0, 0.05) is 50.6 Å². The van der Waals surface area contributed by atoms with Crippen LogP contribution in [0, 0.1) is 23.3 Å². The van der Waals surface area contributed by atoms with Crippen molar-refractivity contribution in [3.63, 3.8) is 0 Å². The van der Waals surface area contributed by atoms with Crippen LogP contribution < -0.4 is 15.2 Å². The fourth-order valence-corrected chi connectivity index (χ4v) is 5.62. The van der Waals surface area contributed by atoms with Gasteiger partial charge in [-0.1, -0.05) is 36.4 Å². The maximum absolute atomic E-state index is 13.5. The van der Waals surface area contributed by atoms with E-state index in [1.54, 1.807) is 79.4 Å². The number of ketones is 2. The van der Waals surface area contributed by atoms with E-state index in [9.17, 15) is 31.9 Å². The molecule has 4 aromatic carbocycles. The second-order valence-corrected chi connectivity index (χ2v) is 12.9. The van der Waals surface area contributed by atoms with Crippen LogP contribution in [-0.2, 0) is 48.6 Å². The molecular formula is C45H39F4N3O6. The number of methoxy groups -OCH3 is 1. The highest BCUT2D eigenvalue weighted by Crippen LogP contribution is 2.26. The Labute approximate surface area is 332 Å². The van der Waals surface area contributed by atoms with E-state index in [2.05, 4.69) is 14.7 Å². The van der Waals surface area contributed by atoms with E-state index in [0.717, 1.165) is 46.5 Å². The number of rotatable bonds is 16. The van der Waals surface area contributed by atoms with E-state index >= 15 is 0 Å². The number of aromatic nitrogens is 2. The lowest BCUT2D eigenvalue weighted by molar-refractivity contribution is -0.140. The Morgan fingerprint density at radius 1 is 0.569 bits per heavy atom. The van der Waals surface area contributed by atoms with Crippen LogP contribution in [0.4, 0.5) is 17.6 Å². The Morgan fingerprint density at radius 2 is 1.03 bits per heavy atom. The van der Waals surface area contributed by atoms with Crippen LogP contribution in [-0.4, -0.2) is 34.6 Å². The van der Waals surface area contributed by atoms with Crippen molar-refractivity contribution in [2.45, 2.75) is 45.4 Å². The summed E-state index contributed by atoms with van der Waals surface area (Å²) in [6.07, 6.45) is 7.38. The number of hydrogen-bond acceptors (Lipinski definition) is 9. The molecule has 0 unspecified atom stereocenters. The van der Waals surface area contributed by atoms with Crippen molar-refractivity contribution in [3.05, 3.63) is 190 Å². The highest BCUT2D eigenvalue weighted by molar-refractivity contribution is 6.00. The van der Waals surface area contributed by atoms with Crippen LogP contribution >= 0.6 is 0 Å². The Hall–Kier alpha value is -6.73. The van der Waals surface area contributed by atoms with Gasteiger partial charge in [-0.15, -0.1) is 0 Å². The van der Waals surface area contributed by atoms with E-state index in [1.165, 1.54) is 19.2 Å². The molecule has 0 atom stereocenters. The Bertz CT molecular complexity index is 2350. The summed E-state index contributed by atoms with van der Waals surface area (Å²) in [6.45, 7) is 0.259. The minimum Gasteiger partial charge on any atom is -0.488 e. The molecule has 2 heterocycles. The normalized spacial score (nSPS) is 10.6. The highest BCUT2D eigenvalue weighted by atomic mass is 19.2. The number of pyridine rings is 2. The average molecular weight is 794 g/mol. The number of benzene rings is 4. The number of carbonyl (C=O) groups is 3. The second kappa shape index (κ2) is 21.0. The number of esters is 1. The fraction of sp³-hybridized carbons (Fsp3) is 0.178. The molecule has 0 saturated carbocycles. The Morgan fingerprint density at radius 3 is 1.47 bits per heavy atom. The zero-order chi connectivity index (χ0) is 41.4. The lowest BCUT2D eigenvalue weighted by atomic mass is 9.99. The van der Waals surface area contributed by atoms with Gasteiger partial charge in [-0.3, -0.25) is 24.4 Å². The van der Waals surface area contributed by atoms with Crippen LogP contribution in [0.2, 0.25) is 0 Å². The molecule has 0 fully saturated rings. The van der Waals surface area contributed by atoms with Crippen molar-refractivity contribution in [2.75, 3.05) is 7.11 Å². The second-order valence-electron chi connectivity index (χ2n) is 12.9. The highest BCUT2D eigenvalue weighted by Gasteiger charge is 2.17. The molecule has 298 valence electrons. The van der Waals surface area contributed by atoms with Crippen molar-refractivity contribution in [1.29, 1.82) is 0 Å². The van der Waals surface area contributed by atoms with Crippen LogP contribution in [0.1, 0.15) is 60.5 Å². The Kier molecular flexibility index (Phi) is 15.3. The molecule has 0 aliphatic heterocycles. The van der Waals surface area contributed by atoms with Gasteiger partial charge in [0.25, 0.3) is 0 Å². The molecule has 13 heteroatoms. The van der Waals surface area contributed by atoms with E-state index in [4.69, 9.17) is 15.2 Å². The SMILES string of the molecule is COC(=O)CCc1ccc(OCc2ccc(F)c(F)c2)c(C(=O)Cc2cccnc2)c1.NCc1ccc(OCc2ccc(F)c(F)c2)c(C(=O)Cc2cccnc2)c1. The monoisotopic (exact) mass is 793 g/mol. The van der Waals surface area contributed by atoms with Crippen LogP contribution in [0.15, 0.2) is 122 Å². The predicted octanol–water partition coefficient (Wildman–Crippen LogP) is 8.29. The molecule has 6 rings (SSSR count). The third-order valence-electron chi connectivity index (χ3n) is 8.70. The number of nitrogens with two attached hydrogens (primary N) is 1. The molecule has 58 heavy (non-hydrogen) atoms. The smallest absolute Gasteiger partial charge is 0.305 e. The number of carbonyl (C=O) groups excluding carboxylic acids is 3. The minimum atomic E-state index is -0.966. The molecule has 0 radical (unpaired) electrons. The van der Waals surface area contributed by atoms with Gasteiger partial charge in [0.05, 0.1) is 18.2 Å². The van der Waals surface area contributed by atoms with Crippen molar-refractivity contribution in [2.24, 2.45) is 5.73 Å². The van der Waals surface area contributed by atoms with E-state index in [0.29, 0.717) is 40.2 Å². The summed E-state index contributed by atoms with van der Waals surface area (Å²) in [6, 6.07) is 24.4. The zero-order valence-electron chi connectivity index (χ0n) is 31.4. The molecule has 0 aliphatic carbocycles. The average Bonchev–Trinajstić information content (AvgIpc) is 3.24. The summed E-state index contributed by atoms with van der Waals surface area (Å²) >= 11 is 0. The maximum atomic E-state index is 13.5. The van der Waals surface area contributed by atoms with Crippen molar-refractivity contribution >= 4 is 17.5 Å². The van der Waals surface area contributed by atoms with Gasteiger partial charge in [-0.25, -0.2) is 17.6 Å². The molecule has 9 nitrogen and oxygen atoms in total. The van der Waals surface area contributed by atoms with Gasteiger partial charge < -0.3 is 19.9 Å². The van der Waals surface area contributed by atoms with E-state index in [-0.39, 0.29) is 56.6 Å². The number of nitrogens with zero attached hydrogens (tertiary/aromatic N) is 2. The largest absolute Gasteiger partial charge is 0.488 e. The molecule has 2 N–H and O–H groups in total. The molecule has 0 spiro atoms. The van der Waals surface area contributed by atoms with Gasteiger partial charge >= 0.3 is 5.97 Å².